The highest BCUT2D eigenvalue weighted by Crippen LogP contribution is 2.29. The predicted octanol–water partition coefficient (Wildman–Crippen LogP) is 5.67. The fourth-order valence-corrected chi connectivity index (χ4v) is 4.20. The summed E-state index contributed by atoms with van der Waals surface area (Å²) in [4.78, 5) is 22.0. The summed E-state index contributed by atoms with van der Waals surface area (Å²) in [5.74, 6) is 1.84. The van der Waals surface area contributed by atoms with Gasteiger partial charge in [-0.15, -0.1) is 11.8 Å². The number of thioether (sulfide) groups is 1. The molecule has 0 aliphatic carbocycles. The van der Waals surface area contributed by atoms with Gasteiger partial charge < -0.3 is 14.3 Å². The number of pyridine rings is 1. The van der Waals surface area contributed by atoms with E-state index >= 15 is 0 Å². The van der Waals surface area contributed by atoms with Crippen LogP contribution in [0.3, 0.4) is 0 Å². The van der Waals surface area contributed by atoms with Crippen LogP contribution in [0.4, 0.5) is 5.69 Å². The lowest BCUT2D eigenvalue weighted by Gasteiger charge is -2.11. The van der Waals surface area contributed by atoms with Gasteiger partial charge in [-0.3, -0.25) is 4.79 Å². The van der Waals surface area contributed by atoms with Gasteiger partial charge >= 0.3 is 0 Å². The van der Waals surface area contributed by atoms with Gasteiger partial charge in [-0.05, 0) is 44.2 Å². The molecule has 0 bridgehead atoms. The first-order valence-electron chi connectivity index (χ1n) is 9.94. The number of carbonyl (C=O) groups excluding carboxylic acids is 1. The van der Waals surface area contributed by atoms with E-state index in [1.165, 1.54) is 11.8 Å². The standard InChI is InChI=1S/C23H24N4O3S/c1-13-17(14(2)30-27-13)12-31-21-16(7-6-10-24-21)20(28)25-15-8-9-19-18(11-15)26-22(29-19)23(3,4)5/h6-11H,12H2,1-5H3,(H,25,28). The Morgan fingerprint density at radius 1 is 1.19 bits per heavy atom. The molecule has 1 aromatic carbocycles. The second-order valence-electron chi connectivity index (χ2n) is 8.35. The number of aromatic nitrogens is 3. The monoisotopic (exact) mass is 436 g/mol. The highest BCUT2D eigenvalue weighted by atomic mass is 32.2. The van der Waals surface area contributed by atoms with Gasteiger partial charge in [-0.1, -0.05) is 25.9 Å². The summed E-state index contributed by atoms with van der Waals surface area (Å²) in [6, 6.07) is 8.98. The lowest BCUT2D eigenvalue weighted by molar-refractivity contribution is 0.102. The highest BCUT2D eigenvalue weighted by Gasteiger charge is 2.21. The van der Waals surface area contributed by atoms with Crippen molar-refractivity contribution < 1.29 is 13.7 Å². The Hall–Kier alpha value is -3.13. The highest BCUT2D eigenvalue weighted by molar-refractivity contribution is 7.98. The molecular weight excluding hydrogens is 412 g/mol. The van der Waals surface area contributed by atoms with Gasteiger partial charge in [-0.25, -0.2) is 9.97 Å². The zero-order valence-corrected chi connectivity index (χ0v) is 19.0. The van der Waals surface area contributed by atoms with E-state index in [1.807, 2.05) is 52.8 Å². The molecule has 8 heteroatoms. The quantitative estimate of drug-likeness (QED) is 0.403. The van der Waals surface area contributed by atoms with Crippen LogP contribution >= 0.6 is 11.8 Å². The number of oxazole rings is 1. The zero-order valence-electron chi connectivity index (χ0n) is 18.1. The maximum atomic E-state index is 13.0. The van der Waals surface area contributed by atoms with Crippen LogP contribution in [0, 0.1) is 13.8 Å². The maximum absolute atomic E-state index is 13.0. The first-order valence-corrected chi connectivity index (χ1v) is 10.9. The minimum Gasteiger partial charge on any atom is -0.440 e. The second-order valence-corrected chi connectivity index (χ2v) is 9.32. The fraction of sp³-hybridized carbons (Fsp3) is 0.304. The van der Waals surface area contributed by atoms with Crippen LogP contribution in [0.2, 0.25) is 0 Å². The van der Waals surface area contributed by atoms with Crippen molar-refractivity contribution in [2.45, 2.75) is 50.8 Å². The van der Waals surface area contributed by atoms with Gasteiger partial charge in [0, 0.05) is 28.6 Å². The summed E-state index contributed by atoms with van der Waals surface area (Å²) in [5.41, 5.74) is 4.25. The van der Waals surface area contributed by atoms with Gasteiger partial charge in [-0.2, -0.15) is 0 Å². The number of anilines is 1. The molecule has 0 spiro atoms. The number of nitrogens with zero attached hydrogens (tertiary/aromatic N) is 3. The molecule has 4 rings (SSSR count). The van der Waals surface area contributed by atoms with Crippen molar-refractivity contribution >= 4 is 34.5 Å². The second kappa shape index (κ2) is 8.19. The molecule has 1 N–H and O–H groups in total. The Morgan fingerprint density at radius 2 is 2.00 bits per heavy atom. The molecule has 0 aliphatic heterocycles. The van der Waals surface area contributed by atoms with Crippen LogP contribution < -0.4 is 5.32 Å². The lowest BCUT2D eigenvalue weighted by atomic mass is 9.97. The van der Waals surface area contributed by atoms with Crippen LogP contribution in [0.15, 0.2) is 50.5 Å². The molecular formula is C23H24N4O3S. The first kappa shape index (κ1) is 21.1. The normalized spacial score (nSPS) is 11.8. The molecule has 0 unspecified atom stereocenters. The summed E-state index contributed by atoms with van der Waals surface area (Å²) in [6.45, 7) is 9.93. The summed E-state index contributed by atoms with van der Waals surface area (Å²) < 4.78 is 11.1. The van der Waals surface area contributed by atoms with Gasteiger partial charge in [0.25, 0.3) is 5.91 Å². The van der Waals surface area contributed by atoms with E-state index in [9.17, 15) is 4.79 Å². The van der Waals surface area contributed by atoms with E-state index in [0.717, 1.165) is 17.0 Å². The Kier molecular flexibility index (Phi) is 5.58. The Bertz CT molecular complexity index is 1230. The molecule has 0 atom stereocenters. The molecule has 0 saturated heterocycles. The number of rotatable bonds is 5. The summed E-state index contributed by atoms with van der Waals surface area (Å²) in [5, 5.41) is 7.58. The average molecular weight is 437 g/mol. The minimum atomic E-state index is -0.228. The first-order chi connectivity index (χ1) is 14.7. The third kappa shape index (κ3) is 4.49. The summed E-state index contributed by atoms with van der Waals surface area (Å²) in [6.07, 6.45) is 1.68. The van der Waals surface area contributed by atoms with Crippen molar-refractivity contribution in [2.75, 3.05) is 5.32 Å². The summed E-state index contributed by atoms with van der Waals surface area (Å²) >= 11 is 1.48. The topological polar surface area (TPSA) is 94.0 Å². The molecule has 1 amide bonds. The molecule has 0 fully saturated rings. The molecule has 160 valence electrons. The third-order valence-corrected chi connectivity index (χ3v) is 5.87. The number of amides is 1. The average Bonchev–Trinajstić information content (AvgIpc) is 3.29. The van der Waals surface area contributed by atoms with Crippen molar-refractivity contribution in [1.29, 1.82) is 0 Å². The molecule has 3 heterocycles. The molecule has 0 aliphatic rings. The lowest BCUT2D eigenvalue weighted by Crippen LogP contribution is -2.13. The van der Waals surface area contributed by atoms with E-state index in [1.54, 1.807) is 18.3 Å². The van der Waals surface area contributed by atoms with Crippen LogP contribution in [-0.2, 0) is 11.2 Å². The molecule has 7 nitrogen and oxygen atoms in total. The van der Waals surface area contributed by atoms with Crippen molar-refractivity contribution in [2.24, 2.45) is 0 Å². The Morgan fingerprint density at radius 3 is 2.71 bits per heavy atom. The van der Waals surface area contributed by atoms with Crippen LogP contribution in [-0.4, -0.2) is 21.0 Å². The molecule has 0 saturated carbocycles. The van der Waals surface area contributed by atoms with Crippen molar-refractivity contribution in [3.8, 4) is 0 Å². The Balaban J connectivity index is 1.53. The van der Waals surface area contributed by atoms with E-state index in [2.05, 4.69) is 20.4 Å². The van der Waals surface area contributed by atoms with E-state index in [-0.39, 0.29) is 11.3 Å². The molecule has 0 radical (unpaired) electrons. The number of nitrogens with one attached hydrogen (secondary N) is 1. The van der Waals surface area contributed by atoms with Crippen molar-refractivity contribution in [3.63, 3.8) is 0 Å². The molecule has 31 heavy (non-hydrogen) atoms. The van der Waals surface area contributed by atoms with Crippen LogP contribution in [0.25, 0.3) is 11.1 Å². The van der Waals surface area contributed by atoms with Gasteiger partial charge in [0.1, 0.15) is 16.3 Å². The smallest absolute Gasteiger partial charge is 0.258 e. The fourth-order valence-electron chi connectivity index (χ4n) is 3.05. The molecule has 4 aromatic rings. The third-order valence-electron chi connectivity index (χ3n) is 4.84. The largest absolute Gasteiger partial charge is 0.440 e. The van der Waals surface area contributed by atoms with Gasteiger partial charge in [0.2, 0.25) is 5.89 Å². The number of benzene rings is 1. The number of carbonyl (C=O) groups is 1. The number of hydrogen-bond donors (Lipinski definition) is 1. The molecule has 3 aromatic heterocycles. The van der Waals surface area contributed by atoms with E-state index in [4.69, 9.17) is 8.94 Å². The number of aryl methyl sites for hydroxylation is 2. The maximum Gasteiger partial charge on any atom is 0.258 e. The SMILES string of the molecule is Cc1noc(C)c1CSc1ncccc1C(=O)Nc1ccc2oc(C(C)(C)C)nc2c1. The van der Waals surface area contributed by atoms with Crippen molar-refractivity contribution in [3.05, 3.63) is 65.0 Å². The number of fused-ring (bicyclic) bond motifs is 1. The van der Waals surface area contributed by atoms with Crippen LogP contribution in [0.5, 0.6) is 0 Å². The van der Waals surface area contributed by atoms with Gasteiger partial charge in [0.05, 0.1) is 11.3 Å². The summed E-state index contributed by atoms with van der Waals surface area (Å²) in [7, 11) is 0. The van der Waals surface area contributed by atoms with Crippen LogP contribution in [0.1, 0.15) is 54.0 Å². The van der Waals surface area contributed by atoms with E-state index in [0.29, 0.717) is 39.0 Å². The zero-order chi connectivity index (χ0) is 22.2. The number of hydrogen-bond acceptors (Lipinski definition) is 7. The predicted molar refractivity (Wildman–Crippen MR) is 120 cm³/mol. The van der Waals surface area contributed by atoms with E-state index < -0.39 is 0 Å². The van der Waals surface area contributed by atoms with Gasteiger partial charge in [0.15, 0.2) is 5.58 Å². The van der Waals surface area contributed by atoms with Crippen molar-refractivity contribution in [1.82, 2.24) is 15.1 Å². The Labute approximate surface area is 184 Å². The minimum absolute atomic E-state index is 0.189.